The van der Waals surface area contributed by atoms with E-state index in [4.69, 9.17) is 10.5 Å². The molecule has 0 spiro atoms. The van der Waals surface area contributed by atoms with Gasteiger partial charge in [0.1, 0.15) is 5.60 Å². The van der Waals surface area contributed by atoms with Gasteiger partial charge in [-0.05, 0) is 46.0 Å². The van der Waals surface area contributed by atoms with E-state index in [2.05, 4.69) is 5.32 Å². The molecule has 0 aromatic heterocycles. The first-order chi connectivity index (χ1) is 10.1. The largest absolute Gasteiger partial charge is 0.444 e. The lowest BCUT2D eigenvalue weighted by Crippen LogP contribution is -2.53. The third-order valence-corrected chi connectivity index (χ3v) is 3.79. The molecule has 6 nitrogen and oxygen atoms in total. The second-order valence-electron chi connectivity index (χ2n) is 7.34. The van der Waals surface area contributed by atoms with Crippen molar-refractivity contribution in [2.45, 2.75) is 71.6 Å². The number of nitrogens with two attached hydrogens (primary N) is 1. The number of carbonyl (C=O) groups excluding carboxylic acids is 2. The molecule has 0 saturated carbocycles. The summed E-state index contributed by atoms with van der Waals surface area (Å²) in [4.78, 5) is 26.0. The average Bonchev–Trinajstić information content (AvgIpc) is 2.42. The molecule has 0 radical (unpaired) electrons. The fourth-order valence-corrected chi connectivity index (χ4v) is 2.41. The molecule has 0 aliphatic carbocycles. The zero-order chi connectivity index (χ0) is 16.9. The van der Waals surface area contributed by atoms with Gasteiger partial charge in [0, 0.05) is 13.1 Å². The maximum absolute atomic E-state index is 12.3. The van der Waals surface area contributed by atoms with Gasteiger partial charge in [-0.2, -0.15) is 0 Å². The van der Waals surface area contributed by atoms with Gasteiger partial charge >= 0.3 is 6.09 Å². The minimum absolute atomic E-state index is 0.0214. The molecule has 1 fully saturated rings. The average molecular weight is 313 g/mol. The molecule has 22 heavy (non-hydrogen) atoms. The van der Waals surface area contributed by atoms with Crippen molar-refractivity contribution in [3.8, 4) is 0 Å². The molecule has 0 aromatic rings. The summed E-state index contributed by atoms with van der Waals surface area (Å²) in [5.74, 6) is -0.0713. The predicted molar refractivity (Wildman–Crippen MR) is 86.4 cm³/mol. The second-order valence-corrected chi connectivity index (χ2v) is 7.34. The zero-order valence-corrected chi connectivity index (χ0v) is 14.5. The van der Waals surface area contributed by atoms with Crippen molar-refractivity contribution in [1.29, 1.82) is 0 Å². The Bertz CT molecular complexity index is 391. The first-order valence-corrected chi connectivity index (χ1v) is 8.14. The third-order valence-electron chi connectivity index (χ3n) is 3.79. The lowest BCUT2D eigenvalue weighted by molar-refractivity contribution is -0.123. The van der Waals surface area contributed by atoms with E-state index in [1.807, 2.05) is 34.6 Å². The zero-order valence-electron chi connectivity index (χ0n) is 14.5. The van der Waals surface area contributed by atoms with E-state index in [-0.39, 0.29) is 24.0 Å². The van der Waals surface area contributed by atoms with Crippen LogP contribution in [0.4, 0.5) is 4.79 Å². The van der Waals surface area contributed by atoms with Crippen molar-refractivity contribution in [3.05, 3.63) is 0 Å². The fourth-order valence-electron chi connectivity index (χ4n) is 2.41. The van der Waals surface area contributed by atoms with E-state index >= 15 is 0 Å². The summed E-state index contributed by atoms with van der Waals surface area (Å²) >= 11 is 0. The van der Waals surface area contributed by atoms with Crippen molar-refractivity contribution >= 4 is 12.0 Å². The monoisotopic (exact) mass is 313 g/mol. The number of hydrogen-bond donors (Lipinski definition) is 2. The molecule has 2 unspecified atom stereocenters. The van der Waals surface area contributed by atoms with Crippen LogP contribution in [0.1, 0.15) is 53.9 Å². The van der Waals surface area contributed by atoms with Crippen LogP contribution in [-0.4, -0.2) is 47.7 Å². The van der Waals surface area contributed by atoms with Crippen molar-refractivity contribution < 1.29 is 14.3 Å². The van der Waals surface area contributed by atoms with Crippen molar-refractivity contribution in [2.75, 3.05) is 13.1 Å². The Kier molecular flexibility index (Phi) is 6.66. The van der Waals surface area contributed by atoms with E-state index in [0.29, 0.717) is 13.1 Å². The number of nitrogens with zero attached hydrogens (tertiary/aromatic N) is 1. The molecule has 1 saturated heterocycles. The number of piperidine rings is 1. The topological polar surface area (TPSA) is 84.7 Å². The van der Waals surface area contributed by atoms with Gasteiger partial charge in [0.15, 0.2) is 0 Å². The molecule has 1 aliphatic heterocycles. The Morgan fingerprint density at radius 1 is 1.32 bits per heavy atom. The molecule has 1 aliphatic rings. The van der Waals surface area contributed by atoms with Crippen LogP contribution in [0.3, 0.4) is 0 Å². The number of carbonyl (C=O) groups is 2. The molecule has 1 heterocycles. The van der Waals surface area contributed by atoms with Crippen LogP contribution in [0.15, 0.2) is 0 Å². The highest BCUT2D eigenvalue weighted by molar-refractivity contribution is 5.81. The molecule has 6 heteroatoms. The van der Waals surface area contributed by atoms with E-state index in [1.165, 1.54) is 0 Å². The van der Waals surface area contributed by atoms with Crippen molar-refractivity contribution in [3.63, 3.8) is 0 Å². The Morgan fingerprint density at radius 3 is 2.50 bits per heavy atom. The van der Waals surface area contributed by atoms with Crippen molar-refractivity contribution in [2.24, 2.45) is 11.7 Å². The van der Waals surface area contributed by atoms with Gasteiger partial charge in [-0.15, -0.1) is 0 Å². The third kappa shape index (κ3) is 5.83. The Balaban J connectivity index is 2.59. The normalized spacial score (nSPS) is 20.7. The molecular weight excluding hydrogens is 282 g/mol. The highest BCUT2D eigenvalue weighted by Gasteiger charge is 2.31. The smallest absolute Gasteiger partial charge is 0.410 e. The quantitative estimate of drug-likeness (QED) is 0.830. The second kappa shape index (κ2) is 7.81. The van der Waals surface area contributed by atoms with Crippen LogP contribution in [0.2, 0.25) is 0 Å². The number of hydrogen-bond acceptors (Lipinski definition) is 4. The van der Waals surface area contributed by atoms with Gasteiger partial charge in [-0.1, -0.05) is 13.8 Å². The molecule has 0 bridgehead atoms. The summed E-state index contributed by atoms with van der Waals surface area (Å²) in [7, 11) is 0. The van der Waals surface area contributed by atoms with Crippen LogP contribution in [-0.2, 0) is 9.53 Å². The summed E-state index contributed by atoms with van der Waals surface area (Å²) in [6.07, 6.45) is 2.58. The minimum atomic E-state index is -0.515. The Hall–Kier alpha value is -1.30. The molecule has 2 atom stereocenters. The fraction of sp³-hybridized carbons (Fsp3) is 0.875. The molecule has 0 aromatic carbocycles. The maximum Gasteiger partial charge on any atom is 0.410 e. The van der Waals surface area contributed by atoms with E-state index < -0.39 is 11.6 Å². The van der Waals surface area contributed by atoms with E-state index in [9.17, 15) is 9.59 Å². The van der Waals surface area contributed by atoms with Crippen LogP contribution >= 0.6 is 0 Å². The lowest BCUT2D eigenvalue weighted by Gasteiger charge is -2.37. The summed E-state index contributed by atoms with van der Waals surface area (Å²) in [5.41, 5.74) is 5.32. The van der Waals surface area contributed by atoms with E-state index in [1.54, 1.807) is 4.90 Å². The predicted octanol–water partition coefficient (Wildman–Crippen LogP) is 1.88. The van der Waals surface area contributed by atoms with Gasteiger partial charge in [0.05, 0.1) is 12.1 Å². The van der Waals surface area contributed by atoms with Gasteiger partial charge in [0.2, 0.25) is 5.91 Å². The van der Waals surface area contributed by atoms with Gasteiger partial charge in [0.25, 0.3) is 0 Å². The number of amides is 2. The first-order valence-electron chi connectivity index (χ1n) is 8.14. The maximum atomic E-state index is 12.3. The molecule has 2 amide bonds. The SMILES string of the molecule is CC(C)C(N)C(=O)NCC1CCCCN1C(=O)OC(C)(C)C. The number of rotatable bonds is 4. The summed E-state index contributed by atoms with van der Waals surface area (Å²) in [6.45, 7) is 10.5. The number of nitrogens with one attached hydrogen (secondary N) is 1. The van der Waals surface area contributed by atoms with Crippen LogP contribution in [0, 0.1) is 5.92 Å². The van der Waals surface area contributed by atoms with Crippen molar-refractivity contribution in [1.82, 2.24) is 10.2 Å². The van der Waals surface area contributed by atoms with Crippen LogP contribution in [0.25, 0.3) is 0 Å². The van der Waals surface area contributed by atoms with Gasteiger partial charge < -0.3 is 20.7 Å². The molecular formula is C16H31N3O3. The highest BCUT2D eigenvalue weighted by Crippen LogP contribution is 2.20. The number of ether oxygens (including phenoxy) is 1. The summed E-state index contributed by atoms with van der Waals surface area (Å²) < 4.78 is 5.45. The molecule has 3 N–H and O–H groups in total. The summed E-state index contributed by atoms with van der Waals surface area (Å²) in [6, 6.07) is -0.537. The Morgan fingerprint density at radius 2 is 1.95 bits per heavy atom. The van der Waals surface area contributed by atoms with Crippen LogP contribution < -0.4 is 11.1 Å². The lowest BCUT2D eigenvalue weighted by atomic mass is 10.0. The first kappa shape index (κ1) is 18.7. The Labute approximate surface area is 133 Å². The van der Waals surface area contributed by atoms with E-state index in [0.717, 1.165) is 19.3 Å². The summed E-state index contributed by atoms with van der Waals surface area (Å²) in [5, 5.41) is 2.87. The van der Waals surface area contributed by atoms with Gasteiger partial charge in [-0.3, -0.25) is 4.79 Å². The minimum Gasteiger partial charge on any atom is -0.444 e. The highest BCUT2D eigenvalue weighted by atomic mass is 16.6. The standard InChI is InChI=1S/C16H31N3O3/c1-11(2)13(17)14(20)18-10-12-8-6-7-9-19(12)15(21)22-16(3,4)5/h11-13H,6-10,17H2,1-5H3,(H,18,20). The number of likely N-dealkylation sites (tertiary alicyclic amines) is 1. The molecule has 1 rings (SSSR count). The van der Waals surface area contributed by atoms with Gasteiger partial charge in [-0.25, -0.2) is 4.79 Å². The molecule has 128 valence electrons. The van der Waals surface area contributed by atoms with Crippen LogP contribution in [0.5, 0.6) is 0 Å².